The first-order chi connectivity index (χ1) is 37.4. The zero-order chi connectivity index (χ0) is 54.5. The van der Waals surface area contributed by atoms with Crippen molar-refractivity contribution in [1.29, 1.82) is 10.5 Å². The molecule has 6 aromatic carbocycles. The summed E-state index contributed by atoms with van der Waals surface area (Å²) in [6.07, 6.45) is -4.92. The summed E-state index contributed by atoms with van der Waals surface area (Å²) < 4.78 is 50.8. The van der Waals surface area contributed by atoms with Gasteiger partial charge in [-0.25, -0.2) is 59.8 Å². The van der Waals surface area contributed by atoms with Crippen LogP contribution in [0.2, 0.25) is 0 Å². The number of benzene rings is 6. The van der Waals surface area contributed by atoms with Crippen molar-refractivity contribution in [1.82, 2.24) is 68.9 Å². The molecule has 0 bridgehead atoms. The van der Waals surface area contributed by atoms with Gasteiger partial charge in [0.05, 0.1) is 56.2 Å². The third kappa shape index (κ3) is 8.34. The van der Waals surface area contributed by atoms with Crippen molar-refractivity contribution < 1.29 is 13.2 Å². The number of fused-ring (bicyclic) bond motifs is 6. The highest BCUT2D eigenvalue weighted by Gasteiger charge is 2.36. The van der Waals surface area contributed by atoms with Gasteiger partial charge in [-0.3, -0.25) is 0 Å². The molecule has 12 aromatic rings. The lowest BCUT2D eigenvalue weighted by Gasteiger charge is -2.22. The number of rotatable bonds is 7. The number of hydrogen-bond acceptors (Lipinski definition) is 14. The number of hydrogen-bond donors (Lipinski definition) is 0. The molecule has 0 radical (unpaired) electrons. The molecule has 0 unspecified atom stereocenters. The molecule has 12 rings (SSSR count). The highest BCUT2D eigenvalue weighted by Crippen LogP contribution is 2.47. The largest absolute Gasteiger partial charge is 0.417 e. The first kappa shape index (κ1) is 48.7. The molecule has 0 atom stereocenters. The normalized spacial score (nSPS) is 11.8. The van der Waals surface area contributed by atoms with E-state index >= 15 is 13.2 Å². The molecule has 0 saturated heterocycles. The van der Waals surface area contributed by atoms with Crippen molar-refractivity contribution in [2.75, 3.05) is 0 Å². The lowest BCUT2D eigenvalue weighted by atomic mass is 9.91. The Kier molecular flexibility index (Phi) is 11.4. The smallest absolute Gasteiger partial charge is 0.309 e. The van der Waals surface area contributed by atoms with Crippen molar-refractivity contribution in [3.05, 3.63) is 166 Å². The maximum atomic E-state index is 15.7. The van der Waals surface area contributed by atoms with E-state index in [1.54, 1.807) is 67.5 Å². The zero-order valence-electron chi connectivity index (χ0n) is 43.1. The van der Waals surface area contributed by atoms with Crippen LogP contribution in [0.1, 0.15) is 63.3 Å². The van der Waals surface area contributed by atoms with E-state index < -0.39 is 11.7 Å². The molecule has 0 saturated carbocycles. The summed E-state index contributed by atoms with van der Waals surface area (Å²) in [6, 6.07) is 33.9. The Morgan fingerprint density at radius 2 is 0.692 bits per heavy atom. The molecule has 19 heteroatoms. The van der Waals surface area contributed by atoms with Gasteiger partial charge in [-0.15, -0.1) is 0 Å². The number of halogens is 3. The Morgan fingerprint density at radius 3 is 1.00 bits per heavy atom. The van der Waals surface area contributed by atoms with E-state index in [4.69, 9.17) is 0 Å². The van der Waals surface area contributed by atoms with Gasteiger partial charge < -0.3 is 9.13 Å². The van der Waals surface area contributed by atoms with E-state index in [-0.39, 0.29) is 33.6 Å². The molecule has 0 fully saturated rings. The van der Waals surface area contributed by atoms with Gasteiger partial charge in [-0.2, -0.15) is 23.7 Å². The van der Waals surface area contributed by atoms with E-state index in [0.29, 0.717) is 136 Å². The summed E-state index contributed by atoms with van der Waals surface area (Å²) >= 11 is 0. The lowest BCUT2D eigenvalue weighted by Crippen LogP contribution is -2.11. The van der Waals surface area contributed by atoms with E-state index in [0.717, 1.165) is 6.07 Å². The van der Waals surface area contributed by atoms with Crippen LogP contribution in [-0.4, -0.2) is 68.9 Å². The summed E-state index contributed by atoms with van der Waals surface area (Å²) in [4.78, 5) is 54.7. The van der Waals surface area contributed by atoms with Crippen molar-refractivity contribution in [3.8, 4) is 80.2 Å². The first-order valence-corrected chi connectivity index (χ1v) is 24.6. The van der Waals surface area contributed by atoms with E-state index in [9.17, 15) is 10.5 Å². The molecule has 0 spiro atoms. The Bertz CT molecular complexity index is 4340. The fourth-order valence-corrected chi connectivity index (χ4v) is 10.5. The molecule has 0 amide bonds. The van der Waals surface area contributed by atoms with Crippen LogP contribution < -0.4 is 0 Å². The fraction of sp³-hybridized carbons (Fsp3) is 0.153. The highest BCUT2D eigenvalue weighted by molar-refractivity contribution is 6.13. The summed E-state index contributed by atoms with van der Waals surface area (Å²) in [5.74, 6) is 6.01. The average molecular weight is 1030 g/mol. The van der Waals surface area contributed by atoms with Crippen LogP contribution in [0.4, 0.5) is 13.2 Å². The minimum absolute atomic E-state index is 0.0309. The predicted octanol–water partition coefficient (Wildman–Crippen LogP) is 12.2. The quantitative estimate of drug-likeness (QED) is 0.145. The SMILES string of the molecule is Cc1nc(C)nc(-c2ccc3c(c2)c2cc(-c4nc(C)nc(C)n4)ccc2n3-c2cc(-c3c(C#N)cccc3C(F)(F)F)c(-n3c4ccc(-c5nc(C)nc(C)n5)cc4c4cc(-c5nc(C)nc(C)n5)ccc43)cc2C#N)n1. The third-order valence-electron chi connectivity index (χ3n) is 13.5. The van der Waals surface area contributed by atoms with Crippen molar-refractivity contribution >= 4 is 43.6 Å². The molecule has 16 nitrogen and oxygen atoms in total. The van der Waals surface area contributed by atoms with Crippen LogP contribution in [0.15, 0.2) is 103 Å². The topological polar surface area (TPSA) is 212 Å². The van der Waals surface area contributed by atoms with Gasteiger partial charge >= 0.3 is 6.18 Å². The molecule has 0 N–H and O–H groups in total. The Balaban J connectivity index is 1.20. The van der Waals surface area contributed by atoms with Gasteiger partial charge in [0.2, 0.25) is 0 Å². The molecular formula is C59H41F3N16. The van der Waals surface area contributed by atoms with Gasteiger partial charge in [-0.05, 0) is 152 Å². The van der Waals surface area contributed by atoms with Crippen LogP contribution in [-0.2, 0) is 6.18 Å². The van der Waals surface area contributed by atoms with Gasteiger partial charge in [0.1, 0.15) is 52.7 Å². The molecule has 0 aliphatic carbocycles. The third-order valence-corrected chi connectivity index (χ3v) is 13.5. The molecule has 78 heavy (non-hydrogen) atoms. The highest BCUT2D eigenvalue weighted by atomic mass is 19.4. The molecule has 0 aliphatic rings. The maximum absolute atomic E-state index is 15.7. The number of nitrogens with zero attached hydrogens (tertiary/aromatic N) is 16. The lowest BCUT2D eigenvalue weighted by molar-refractivity contribution is -0.137. The molecular weight excluding hydrogens is 990 g/mol. The first-order valence-electron chi connectivity index (χ1n) is 24.6. The van der Waals surface area contributed by atoms with Crippen LogP contribution in [0.25, 0.3) is 112 Å². The second kappa shape index (κ2) is 18.2. The van der Waals surface area contributed by atoms with Crippen molar-refractivity contribution in [3.63, 3.8) is 0 Å². The van der Waals surface area contributed by atoms with Crippen LogP contribution in [0.5, 0.6) is 0 Å². The second-order valence-electron chi connectivity index (χ2n) is 18.9. The maximum Gasteiger partial charge on any atom is 0.417 e. The monoisotopic (exact) mass is 1030 g/mol. The number of aromatic nitrogens is 14. The Labute approximate surface area is 442 Å². The fourth-order valence-electron chi connectivity index (χ4n) is 10.5. The Hall–Kier alpha value is -10.3. The summed E-state index contributed by atoms with van der Waals surface area (Å²) in [5.41, 5.74) is 4.03. The zero-order valence-corrected chi connectivity index (χ0v) is 43.1. The summed E-state index contributed by atoms with van der Waals surface area (Å²) in [5, 5.41) is 25.1. The van der Waals surface area contributed by atoms with Crippen LogP contribution >= 0.6 is 0 Å². The molecule has 0 aliphatic heterocycles. The van der Waals surface area contributed by atoms with Gasteiger partial charge in [0.25, 0.3) is 0 Å². The average Bonchev–Trinajstić information content (AvgIpc) is 4.14. The van der Waals surface area contributed by atoms with E-state index in [1.807, 2.05) is 81.9 Å². The number of alkyl halides is 3. The molecule has 6 aromatic heterocycles. The Morgan fingerprint density at radius 1 is 0.372 bits per heavy atom. The molecule has 378 valence electrons. The van der Waals surface area contributed by atoms with Crippen LogP contribution in [0.3, 0.4) is 0 Å². The minimum atomic E-state index is -4.92. The summed E-state index contributed by atoms with van der Waals surface area (Å²) in [7, 11) is 0. The molecule has 6 heterocycles. The number of nitriles is 2. The van der Waals surface area contributed by atoms with Gasteiger partial charge in [0.15, 0.2) is 23.3 Å². The number of aryl methyl sites for hydroxylation is 8. The second-order valence-corrected chi connectivity index (χ2v) is 18.9. The van der Waals surface area contributed by atoms with Crippen molar-refractivity contribution in [2.24, 2.45) is 0 Å². The summed E-state index contributed by atoms with van der Waals surface area (Å²) in [6.45, 7) is 14.3. The predicted molar refractivity (Wildman–Crippen MR) is 288 cm³/mol. The van der Waals surface area contributed by atoms with Crippen LogP contribution in [0, 0.1) is 78.1 Å². The minimum Gasteiger partial charge on any atom is -0.309 e. The van der Waals surface area contributed by atoms with Gasteiger partial charge in [-0.1, -0.05) is 6.07 Å². The van der Waals surface area contributed by atoms with Gasteiger partial charge in [0, 0.05) is 54.9 Å². The van der Waals surface area contributed by atoms with E-state index in [1.165, 1.54) is 12.1 Å². The van der Waals surface area contributed by atoms with E-state index in [2.05, 4.69) is 71.9 Å². The standard InChI is InChI=1S/C59H41F3N16/c1-28-65-29(2)70-55(69-28)36-12-16-48-42(20-36)43-21-37(56-71-30(3)66-31(4)72-56)13-17-49(43)77(48)52-25-46(54-40(26-63)10-9-11-47(54)59(60,61)62)53(24-41(52)27-64)78-50-18-14-38(57-73-32(5)67-33(6)74-57)22-44(50)45-23-39(15-19-51(45)78)58-75-34(7)68-35(8)76-58/h9-25H,1-8H3. The van der Waals surface area contributed by atoms with Crippen molar-refractivity contribution in [2.45, 2.75) is 61.6 Å².